The van der Waals surface area contributed by atoms with Crippen LogP contribution in [-0.4, -0.2) is 21.3 Å². The Morgan fingerprint density at radius 1 is 1.12 bits per heavy atom. The number of aliphatic hydroxyl groups excluding tert-OH is 1. The Hall–Kier alpha value is -2.87. The first kappa shape index (κ1) is 17.9. The van der Waals surface area contributed by atoms with Crippen LogP contribution in [0.3, 0.4) is 0 Å². The van der Waals surface area contributed by atoms with Gasteiger partial charge in [0.1, 0.15) is 17.0 Å². The number of alkyl halides is 3. The molecule has 0 saturated heterocycles. The molecule has 0 unspecified atom stereocenters. The molecule has 1 aromatic carbocycles. The summed E-state index contributed by atoms with van der Waals surface area (Å²) in [5.74, 6) is 0. The van der Waals surface area contributed by atoms with Gasteiger partial charge in [-0.15, -0.1) is 0 Å². The molecule has 5 nitrogen and oxygen atoms in total. The van der Waals surface area contributed by atoms with Crippen molar-refractivity contribution >= 4 is 16.7 Å². The van der Waals surface area contributed by atoms with Crippen molar-refractivity contribution in [2.45, 2.75) is 19.0 Å². The summed E-state index contributed by atoms with van der Waals surface area (Å²) in [6.45, 7) is -0.128. The Balaban J connectivity index is 2.41. The van der Waals surface area contributed by atoms with Gasteiger partial charge in [-0.25, -0.2) is 4.98 Å². The summed E-state index contributed by atoms with van der Waals surface area (Å²) in [6, 6.07) is 10.4. The fourth-order valence-electron chi connectivity index (χ4n) is 2.84. The van der Waals surface area contributed by atoms with Crippen molar-refractivity contribution in [2.75, 3.05) is 12.3 Å². The number of para-hydroxylation sites is 1. The molecule has 0 atom stereocenters. The maximum Gasteiger partial charge on any atom is 0.433 e. The number of nitrogens with zero attached hydrogens (tertiary/aromatic N) is 2. The molecule has 3 aromatic rings. The van der Waals surface area contributed by atoms with Gasteiger partial charge in [-0.3, -0.25) is 9.36 Å². The van der Waals surface area contributed by atoms with Gasteiger partial charge in [0.05, 0.1) is 5.69 Å². The van der Waals surface area contributed by atoms with E-state index in [4.69, 9.17) is 10.8 Å². The molecular weight excluding hydrogens is 347 g/mol. The fraction of sp³-hybridized carbons (Fsp3) is 0.222. The van der Waals surface area contributed by atoms with Gasteiger partial charge in [-0.1, -0.05) is 18.2 Å². The molecule has 136 valence electrons. The number of benzene rings is 1. The predicted molar refractivity (Wildman–Crippen MR) is 92.2 cm³/mol. The summed E-state index contributed by atoms with van der Waals surface area (Å²) in [4.78, 5) is 16.5. The quantitative estimate of drug-likeness (QED) is 0.747. The zero-order chi connectivity index (χ0) is 18.9. The van der Waals surface area contributed by atoms with E-state index in [2.05, 4.69) is 4.98 Å². The van der Waals surface area contributed by atoms with E-state index < -0.39 is 17.4 Å². The van der Waals surface area contributed by atoms with Crippen LogP contribution in [0.5, 0.6) is 0 Å². The van der Waals surface area contributed by atoms with Crippen molar-refractivity contribution < 1.29 is 18.3 Å². The molecule has 0 aliphatic rings. The number of pyridine rings is 2. The lowest BCUT2D eigenvalue weighted by Gasteiger charge is -2.16. The molecule has 2 heterocycles. The number of fused-ring (bicyclic) bond motifs is 1. The highest BCUT2D eigenvalue weighted by molar-refractivity contribution is 5.85. The second kappa shape index (κ2) is 6.80. The van der Waals surface area contributed by atoms with Crippen molar-refractivity contribution in [1.29, 1.82) is 0 Å². The van der Waals surface area contributed by atoms with Crippen molar-refractivity contribution in [2.24, 2.45) is 0 Å². The van der Waals surface area contributed by atoms with E-state index in [1.54, 1.807) is 30.3 Å². The van der Waals surface area contributed by atoms with E-state index in [-0.39, 0.29) is 24.4 Å². The highest BCUT2D eigenvalue weighted by Crippen LogP contribution is 2.31. The van der Waals surface area contributed by atoms with Crippen molar-refractivity contribution in [3.8, 4) is 5.69 Å². The van der Waals surface area contributed by atoms with E-state index >= 15 is 0 Å². The third-order valence-corrected chi connectivity index (χ3v) is 4.06. The monoisotopic (exact) mass is 363 g/mol. The highest BCUT2D eigenvalue weighted by Gasteiger charge is 2.33. The van der Waals surface area contributed by atoms with Crippen LogP contribution in [0, 0.1) is 0 Å². The van der Waals surface area contributed by atoms with Gasteiger partial charge in [0.25, 0.3) is 5.56 Å². The normalized spacial score (nSPS) is 11.8. The molecule has 0 aliphatic heterocycles. The Morgan fingerprint density at radius 3 is 2.42 bits per heavy atom. The van der Waals surface area contributed by atoms with Crippen LogP contribution in [0.15, 0.2) is 47.3 Å². The summed E-state index contributed by atoms with van der Waals surface area (Å²) >= 11 is 0. The number of aryl methyl sites for hydroxylation is 1. The van der Waals surface area contributed by atoms with Gasteiger partial charge in [0, 0.05) is 12.0 Å². The van der Waals surface area contributed by atoms with Crippen molar-refractivity contribution in [3.05, 3.63) is 64.1 Å². The molecule has 0 spiro atoms. The summed E-state index contributed by atoms with van der Waals surface area (Å²) in [6.07, 6.45) is -4.05. The van der Waals surface area contributed by atoms with Crippen LogP contribution in [0.4, 0.5) is 18.9 Å². The number of halogens is 3. The Kier molecular flexibility index (Phi) is 4.69. The average molecular weight is 363 g/mol. The number of aliphatic hydroxyl groups is 1. The molecule has 0 aliphatic carbocycles. The Morgan fingerprint density at radius 2 is 1.81 bits per heavy atom. The summed E-state index contributed by atoms with van der Waals surface area (Å²) in [7, 11) is 0. The van der Waals surface area contributed by atoms with E-state index in [0.29, 0.717) is 23.1 Å². The molecule has 0 bridgehead atoms. The van der Waals surface area contributed by atoms with Crippen molar-refractivity contribution in [1.82, 2.24) is 9.55 Å². The third kappa shape index (κ3) is 3.15. The Bertz CT molecular complexity index is 998. The molecule has 3 N–H and O–H groups in total. The van der Waals surface area contributed by atoms with E-state index in [0.717, 1.165) is 10.6 Å². The van der Waals surface area contributed by atoms with E-state index in [1.165, 1.54) is 6.07 Å². The summed E-state index contributed by atoms with van der Waals surface area (Å²) in [5.41, 5.74) is 4.85. The number of anilines is 1. The molecule has 26 heavy (non-hydrogen) atoms. The van der Waals surface area contributed by atoms with Crippen LogP contribution in [0.2, 0.25) is 0 Å². The predicted octanol–water partition coefficient (Wildman–Crippen LogP) is 2.91. The van der Waals surface area contributed by atoms with Gasteiger partial charge in [0.15, 0.2) is 0 Å². The average Bonchev–Trinajstić information content (AvgIpc) is 2.62. The zero-order valence-corrected chi connectivity index (χ0v) is 13.6. The summed E-state index contributed by atoms with van der Waals surface area (Å²) in [5, 5.41) is 9.41. The number of hydrogen-bond donors (Lipinski definition) is 2. The maximum absolute atomic E-state index is 13.1. The lowest BCUT2D eigenvalue weighted by atomic mass is 10.0. The SMILES string of the molecule is Nc1c(CCCO)c2ccc(C(F)(F)F)nc2n(-c2ccccc2)c1=O. The van der Waals surface area contributed by atoms with Crippen LogP contribution in [-0.2, 0) is 12.6 Å². The number of hydrogen-bond acceptors (Lipinski definition) is 4. The summed E-state index contributed by atoms with van der Waals surface area (Å²) < 4.78 is 40.5. The molecular formula is C18H16F3N3O2. The minimum absolute atomic E-state index is 0.0589. The Labute approximate surface area is 146 Å². The van der Waals surface area contributed by atoms with E-state index in [1.807, 2.05) is 0 Å². The first-order valence-corrected chi connectivity index (χ1v) is 7.92. The molecule has 3 rings (SSSR count). The fourth-order valence-corrected chi connectivity index (χ4v) is 2.84. The maximum atomic E-state index is 13.1. The van der Waals surface area contributed by atoms with E-state index in [9.17, 15) is 18.0 Å². The van der Waals surface area contributed by atoms with Gasteiger partial charge in [-0.2, -0.15) is 13.2 Å². The number of nitrogen functional groups attached to an aromatic ring is 1. The second-order valence-electron chi connectivity index (χ2n) is 5.76. The first-order valence-electron chi connectivity index (χ1n) is 7.92. The minimum atomic E-state index is -4.64. The highest BCUT2D eigenvalue weighted by atomic mass is 19.4. The molecule has 0 fully saturated rings. The number of nitrogens with two attached hydrogens (primary N) is 1. The lowest BCUT2D eigenvalue weighted by molar-refractivity contribution is -0.141. The minimum Gasteiger partial charge on any atom is -0.396 e. The largest absolute Gasteiger partial charge is 0.433 e. The lowest BCUT2D eigenvalue weighted by Crippen LogP contribution is -2.25. The van der Waals surface area contributed by atoms with Gasteiger partial charge >= 0.3 is 6.18 Å². The molecule has 8 heteroatoms. The van der Waals surface area contributed by atoms with Crippen LogP contribution in [0.25, 0.3) is 16.7 Å². The standard InChI is InChI=1S/C18H16F3N3O2/c19-18(20,21)14-9-8-13-12(7-4-10-25)15(22)17(26)24(16(13)23-14)11-5-2-1-3-6-11/h1-3,5-6,8-9,25H,4,7,10,22H2. The first-order chi connectivity index (χ1) is 12.3. The van der Waals surface area contributed by atoms with Gasteiger partial charge < -0.3 is 10.8 Å². The molecule has 0 amide bonds. The van der Waals surface area contributed by atoms with Crippen LogP contribution < -0.4 is 11.3 Å². The third-order valence-electron chi connectivity index (χ3n) is 4.06. The van der Waals surface area contributed by atoms with Gasteiger partial charge in [0.2, 0.25) is 0 Å². The zero-order valence-electron chi connectivity index (χ0n) is 13.6. The molecule has 2 aromatic heterocycles. The topological polar surface area (TPSA) is 81.1 Å². The molecule has 0 saturated carbocycles. The van der Waals surface area contributed by atoms with Crippen molar-refractivity contribution in [3.63, 3.8) is 0 Å². The molecule has 0 radical (unpaired) electrons. The van der Waals surface area contributed by atoms with Crippen LogP contribution in [0.1, 0.15) is 17.7 Å². The number of rotatable bonds is 4. The second-order valence-corrected chi connectivity index (χ2v) is 5.76. The smallest absolute Gasteiger partial charge is 0.396 e. The van der Waals surface area contributed by atoms with Gasteiger partial charge in [-0.05, 0) is 42.7 Å². The number of aromatic nitrogens is 2. The van der Waals surface area contributed by atoms with Crippen LogP contribution >= 0.6 is 0 Å².